The molecule has 0 aliphatic heterocycles. The van der Waals surface area contributed by atoms with Gasteiger partial charge < -0.3 is 5.32 Å². The molecular weight excluding hydrogens is 252 g/mol. The molecule has 0 spiro atoms. The van der Waals surface area contributed by atoms with Gasteiger partial charge >= 0.3 is 0 Å². The highest BCUT2D eigenvalue weighted by molar-refractivity contribution is 7.13. The van der Waals surface area contributed by atoms with E-state index in [4.69, 9.17) is 0 Å². The Bertz CT molecular complexity index is 594. The number of allylic oxidation sites excluding steroid dienone is 5. The van der Waals surface area contributed by atoms with E-state index in [1.165, 1.54) is 0 Å². The van der Waals surface area contributed by atoms with E-state index in [0.717, 1.165) is 22.1 Å². The molecule has 1 aromatic carbocycles. The minimum atomic E-state index is 0.890. The molecule has 19 heavy (non-hydrogen) atoms. The predicted octanol–water partition coefficient (Wildman–Crippen LogP) is 5.03. The van der Waals surface area contributed by atoms with Crippen molar-refractivity contribution < 1.29 is 0 Å². The minimum Gasteiger partial charge on any atom is -0.332 e. The second-order valence-electron chi connectivity index (χ2n) is 3.89. The Hall–Kier alpha value is -2.13. The van der Waals surface area contributed by atoms with Crippen molar-refractivity contribution in [3.63, 3.8) is 0 Å². The maximum Gasteiger partial charge on any atom is 0.187 e. The van der Waals surface area contributed by atoms with Crippen LogP contribution in [0.2, 0.25) is 0 Å². The molecule has 2 rings (SSSR count). The molecule has 1 N–H and O–H groups in total. The van der Waals surface area contributed by atoms with E-state index in [2.05, 4.69) is 16.9 Å². The van der Waals surface area contributed by atoms with Gasteiger partial charge in [0.2, 0.25) is 0 Å². The van der Waals surface area contributed by atoms with E-state index in [1.807, 2.05) is 60.9 Å². The summed E-state index contributed by atoms with van der Waals surface area (Å²) in [6.07, 6.45) is 7.77. The van der Waals surface area contributed by atoms with Crippen molar-refractivity contribution in [3.8, 4) is 0 Å². The Morgan fingerprint density at radius 3 is 2.79 bits per heavy atom. The SMILES string of the molecule is C=C/C=C(\C=C/C)c1csc(Nc2ccccc2)n1. The van der Waals surface area contributed by atoms with Crippen molar-refractivity contribution in [2.75, 3.05) is 5.32 Å². The van der Waals surface area contributed by atoms with Crippen LogP contribution in [0.4, 0.5) is 10.8 Å². The Labute approximate surface area is 117 Å². The zero-order valence-corrected chi connectivity index (χ0v) is 11.7. The number of nitrogens with one attached hydrogen (secondary N) is 1. The zero-order chi connectivity index (χ0) is 13.5. The van der Waals surface area contributed by atoms with Gasteiger partial charge in [-0.3, -0.25) is 0 Å². The fourth-order valence-corrected chi connectivity index (χ4v) is 2.38. The second-order valence-corrected chi connectivity index (χ2v) is 4.74. The van der Waals surface area contributed by atoms with Gasteiger partial charge in [0.15, 0.2) is 5.13 Å². The molecule has 0 aliphatic carbocycles. The molecular formula is C16H16N2S. The third-order valence-electron chi connectivity index (χ3n) is 2.47. The first kappa shape index (κ1) is 13.3. The molecule has 0 amide bonds. The second kappa shape index (κ2) is 6.71. The summed E-state index contributed by atoms with van der Waals surface area (Å²) >= 11 is 1.59. The first-order valence-corrected chi connectivity index (χ1v) is 6.95. The van der Waals surface area contributed by atoms with Crippen molar-refractivity contribution in [1.29, 1.82) is 0 Å². The highest BCUT2D eigenvalue weighted by atomic mass is 32.1. The van der Waals surface area contributed by atoms with Crippen LogP contribution in [0, 0.1) is 0 Å². The lowest BCUT2D eigenvalue weighted by Crippen LogP contribution is -1.89. The molecule has 1 heterocycles. The molecule has 3 heteroatoms. The Morgan fingerprint density at radius 1 is 1.32 bits per heavy atom. The van der Waals surface area contributed by atoms with Crippen LogP contribution in [0.1, 0.15) is 12.6 Å². The summed E-state index contributed by atoms with van der Waals surface area (Å²) < 4.78 is 0. The van der Waals surface area contributed by atoms with E-state index in [-0.39, 0.29) is 0 Å². The topological polar surface area (TPSA) is 24.9 Å². The summed E-state index contributed by atoms with van der Waals surface area (Å²) in [7, 11) is 0. The third kappa shape index (κ3) is 3.66. The Balaban J connectivity index is 2.19. The summed E-state index contributed by atoms with van der Waals surface area (Å²) in [4.78, 5) is 4.58. The number of anilines is 2. The van der Waals surface area contributed by atoms with Crippen LogP contribution in [0.5, 0.6) is 0 Å². The van der Waals surface area contributed by atoms with Crippen molar-refractivity contribution >= 4 is 27.7 Å². The lowest BCUT2D eigenvalue weighted by molar-refractivity contribution is 1.34. The van der Waals surface area contributed by atoms with Crippen LogP contribution < -0.4 is 5.32 Å². The number of hydrogen-bond donors (Lipinski definition) is 1. The number of thiazole rings is 1. The summed E-state index contributed by atoms with van der Waals surface area (Å²) in [5, 5.41) is 6.23. The largest absolute Gasteiger partial charge is 0.332 e. The number of rotatable bonds is 5. The van der Waals surface area contributed by atoms with Gasteiger partial charge in [-0.1, -0.05) is 49.1 Å². The van der Waals surface area contributed by atoms with Gasteiger partial charge in [-0.25, -0.2) is 4.98 Å². The number of aromatic nitrogens is 1. The molecule has 2 aromatic rings. The van der Waals surface area contributed by atoms with E-state index in [1.54, 1.807) is 17.4 Å². The van der Waals surface area contributed by atoms with Crippen LogP contribution in [0.15, 0.2) is 66.6 Å². The van der Waals surface area contributed by atoms with Crippen molar-refractivity contribution in [1.82, 2.24) is 4.98 Å². The molecule has 1 aromatic heterocycles. The van der Waals surface area contributed by atoms with Crippen LogP contribution >= 0.6 is 11.3 Å². The first-order chi connectivity index (χ1) is 9.33. The average molecular weight is 268 g/mol. The lowest BCUT2D eigenvalue weighted by atomic mass is 10.2. The molecule has 0 fully saturated rings. The molecule has 96 valence electrons. The Morgan fingerprint density at radius 2 is 2.11 bits per heavy atom. The number of hydrogen-bond acceptors (Lipinski definition) is 3. The van der Waals surface area contributed by atoms with E-state index in [9.17, 15) is 0 Å². The molecule has 0 atom stereocenters. The summed E-state index contributed by atoms with van der Waals surface area (Å²) in [6.45, 7) is 5.72. The highest BCUT2D eigenvalue weighted by Gasteiger charge is 2.04. The van der Waals surface area contributed by atoms with Crippen LogP contribution in [0.25, 0.3) is 5.57 Å². The molecule has 0 radical (unpaired) electrons. The summed E-state index contributed by atoms with van der Waals surface area (Å²) in [5.41, 5.74) is 3.07. The van der Waals surface area contributed by atoms with Crippen molar-refractivity contribution in [2.45, 2.75) is 6.92 Å². The maximum atomic E-state index is 4.58. The number of benzene rings is 1. The predicted molar refractivity (Wildman–Crippen MR) is 84.8 cm³/mol. The van der Waals surface area contributed by atoms with Gasteiger partial charge in [-0.15, -0.1) is 11.3 Å². The molecule has 0 bridgehead atoms. The zero-order valence-electron chi connectivity index (χ0n) is 10.8. The number of para-hydroxylation sites is 1. The van der Waals surface area contributed by atoms with Gasteiger partial charge in [0.1, 0.15) is 0 Å². The molecule has 0 saturated heterocycles. The molecule has 0 aliphatic rings. The third-order valence-corrected chi connectivity index (χ3v) is 3.23. The van der Waals surface area contributed by atoms with Gasteiger partial charge in [-0.2, -0.15) is 0 Å². The van der Waals surface area contributed by atoms with Gasteiger partial charge in [0.05, 0.1) is 5.69 Å². The fourth-order valence-electron chi connectivity index (χ4n) is 1.64. The normalized spacial score (nSPS) is 11.7. The number of nitrogens with zero attached hydrogens (tertiary/aromatic N) is 1. The molecule has 2 nitrogen and oxygen atoms in total. The van der Waals surface area contributed by atoms with Crippen LogP contribution in [0.3, 0.4) is 0 Å². The summed E-state index contributed by atoms with van der Waals surface area (Å²) in [5.74, 6) is 0. The van der Waals surface area contributed by atoms with Crippen molar-refractivity contribution in [2.24, 2.45) is 0 Å². The monoisotopic (exact) mass is 268 g/mol. The van der Waals surface area contributed by atoms with E-state index < -0.39 is 0 Å². The van der Waals surface area contributed by atoms with Gasteiger partial charge in [0.25, 0.3) is 0 Å². The molecule has 0 saturated carbocycles. The fraction of sp³-hybridized carbons (Fsp3) is 0.0625. The standard InChI is InChI=1S/C16H16N2S/c1-3-8-13(9-4-2)15-12-19-16(18-15)17-14-10-6-5-7-11-14/h3-12H,1H2,2H3,(H,17,18)/b9-4-,13-8+. The van der Waals surface area contributed by atoms with Gasteiger partial charge in [0, 0.05) is 16.6 Å². The maximum absolute atomic E-state index is 4.58. The van der Waals surface area contributed by atoms with Gasteiger partial charge in [-0.05, 0) is 19.1 Å². The average Bonchev–Trinajstić information content (AvgIpc) is 2.88. The first-order valence-electron chi connectivity index (χ1n) is 6.07. The highest BCUT2D eigenvalue weighted by Crippen LogP contribution is 2.25. The lowest BCUT2D eigenvalue weighted by Gasteiger charge is -2.01. The van der Waals surface area contributed by atoms with Crippen LogP contribution in [-0.4, -0.2) is 4.98 Å². The van der Waals surface area contributed by atoms with Crippen molar-refractivity contribution in [3.05, 3.63) is 72.3 Å². The minimum absolute atomic E-state index is 0.890. The Kier molecular flexibility index (Phi) is 4.70. The quantitative estimate of drug-likeness (QED) is 0.769. The molecule has 0 unspecified atom stereocenters. The smallest absolute Gasteiger partial charge is 0.187 e. The van der Waals surface area contributed by atoms with Crippen LogP contribution in [-0.2, 0) is 0 Å². The van der Waals surface area contributed by atoms with E-state index in [0.29, 0.717) is 0 Å². The van der Waals surface area contributed by atoms with E-state index >= 15 is 0 Å². The summed E-state index contributed by atoms with van der Waals surface area (Å²) in [6, 6.07) is 10.0.